The molecule has 6 nitrogen and oxygen atoms in total. The number of hydrogen-bond donors (Lipinski definition) is 1. The number of nitrogens with one attached hydrogen (secondary N) is 1. The van der Waals surface area contributed by atoms with Gasteiger partial charge >= 0.3 is 11.9 Å². The molecule has 0 spiro atoms. The highest BCUT2D eigenvalue weighted by atomic mass is 35.5. The minimum atomic E-state index is -0.446. The van der Waals surface area contributed by atoms with Gasteiger partial charge in [-0.15, -0.1) is 0 Å². The van der Waals surface area contributed by atoms with Gasteiger partial charge in [-0.05, 0) is 55.3 Å². The molecule has 2 aromatic rings. The molecule has 0 aromatic heterocycles. The summed E-state index contributed by atoms with van der Waals surface area (Å²) in [6.07, 6.45) is 33.2. The first-order chi connectivity index (χ1) is 25.4. The van der Waals surface area contributed by atoms with E-state index in [1.54, 1.807) is 36.4 Å². The topological polar surface area (TPSA) is 81.7 Å². The van der Waals surface area contributed by atoms with Crippen LogP contribution >= 0.6 is 11.6 Å². The van der Waals surface area contributed by atoms with Crippen LogP contribution in [0.4, 0.5) is 5.69 Å². The first kappa shape index (κ1) is 45.3. The van der Waals surface area contributed by atoms with Gasteiger partial charge in [-0.25, -0.2) is 0 Å². The van der Waals surface area contributed by atoms with Crippen LogP contribution in [0.25, 0.3) is 0 Å². The number of unbranched alkanes of at least 4 members (excludes halogenated alkanes) is 24. The minimum absolute atomic E-state index is 0.180. The fourth-order valence-electron chi connectivity index (χ4n) is 6.50. The molecule has 2 rings (SSSR count). The van der Waals surface area contributed by atoms with Crippen molar-refractivity contribution in [3.63, 3.8) is 0 Å². The molecule has 0 radical (unpaired) electrons. The molecule has 0 heterocycles. The van der Waals surface area contributed by atoms with Crippen LogP contribution in [0.3, 0.4) is 0 Å². The summed E-state index contributed by atoms with van der Waals surface area (Å²) in [7, 11) is 0. The van der Waals surface area contributed by atoms with E-state index in [9.17, 15) is 14.4 Å². The lowest BCUT2D eigenvalue weighted by molar-refractivity contribution is -0.135. The molecule has 0 bridgehead atoms. The standard InChI is InChI=1S/C45H70ClNO5/c1-3-5-7-9-11-13-15-17-19-21-23-25-27-29-43(48)51-40-34-32-39(33-35-40)47-45(50)41-37-38(46)31-36-42(41)52-44(49)30-28-26-24-22-20-18-16-14-12-10-8-6-4-2/h31-37H,3-30H2,1-2H3,(H,47,50). The zero-order chi connectivity index (χ0) is 37.5. The lowest BCUT2D eigenvalue weighted by atomic mass is 10.0. The highest BCUT2D eigenvalue weighted by molar-refractivity contribution is 6.31. The van der Waals surface area contributed by atoms with E-state index in [0.29, 0.717) is 29.3 Å². The third kappa shape index (κ3) is 22.9. The summed E-state index contributed by atoms with van der Waals surface area (Å²) in [5.41, 5.74) is 0.699. The Hall–Kier alpha value is -2.86. The number of benzene rings is 2. The van der Waals surface area contributed by atoms with E-state index < -0.39 is 5.91 Å². The molecule has 0 aliphatic heterocycles. The van der Waals surface area contributed by atoms with Crippen LogP contribution in [0.1, 0.15) is 204 Å². The monoisotopic (exact) mass is 739 g/mol. The van der Waals surface area contributed by atoms with Crippen LogP contribution in [0, 0.1) is 0 Å². The van der Waals surface area contributed by atoms with E-state index in [4.69, 9.17) is 21.1 Å². The van der Waals surface area contributed by atoms with Crippen molar-refractivity contribution in [1.29, 1.82) is 0 Å². The van der Waals surface area contributed by atoms with Gasteiger partial charge < -0.3 is 14.8 Å². The molecule has 0 aliphatic rings. The molecule has 0 saturated heterocycles. The van der Waals surface area contributed by atoms with Gasteiger partial charge in [0.25, 0.3) is 5.91 Å². The lowest BCUT2D eigenvalue weighted by Crippen LogP contribution is -2.16. The molecule has 0 saturated carbocycles. The molecule has 0 aliphatic carbocycles. The summed E-state index contributed by atoms with van der Waals surface area (Å²) in [6.45, 7) is 4.51. The zero-order valence-electron chi connectivity index (χ0n) is 32.8. The van der Waals surface area contributed by atoms with Gasteiger partial charge in [0, 0.05) is 23.6 Å². The van der Waals surface area contributed by atoms with Crippen molar-refractivity contribution in [2.24, 2.45) is 0 Å². The maximum absolute atomic E-state index is 13.2. The number of halogens is 1. The average molecular weight is 741 g/mol. The quantitative estimate of drug-likeness (QED) is 0.0459. The molecule has 0 fully saturated rings. The second kappa shape index (κ2) is 30.6. The number of amides is 1. The predicted octanol–water partition coefficient (Wildman–Crippen LogP) is 14.4. The molecule has 1 amide bonds. The first-order valence-corrected chi connectivity index (χ1v) is 21.4. The summed E-state index contributed by atoms with van der Waals surface area (Å²) in [4.78, 5) is 38.2. The predicted molar refractivity (Wildman–Crippen MR) is 218 cm³/mol. The van der Waals surface area contributed by atoms with Gasteiger partial charge in [-0.2, -0.15) is 0 Å². The van der Waals surface area contributed by atoms with Crippen LogP contribution in [-0.2, 0) is 9.59 Å². The average Bonchev–Trinajstić information content (AvgIpc) is 3.13. The second-order valence-corrected chi connectivity index (χ2v) is 15.0. The molecule has 0 atom stereocenters. The van der Waals surface area contributed by atoms with Gasteiger partial charge in [0.1, 0.15) is 11.5 Å². The van der Waals surface area contributed by atoms with Crippen molar-refractivity contribution in [3.05, 3.63) is 53.1 Å². The Balaban J connectivity index is 1.61. The summed E-state index contributed by atoms with van der Waals surface area (Å²) >= 11 is 6.20. The SMILES string of the molecule is CCCCCCCCCCCCCCCC(=O)Oc1ccc(NC(=O)c2cc(Cl)ccc2OC(=O)CCCCCCCCCCCCCCC)cc1. The Morgan fingerprint density at radius 3 is 1.31 bits per heavy atom. The Kier molecular flexibility index (Phi) is 26.6. The van der Waals surface area contributed by atoms with Gasteiger partial charge in [0.2, 0.25) is 0 Å². The van der Waals surface area contributed by atoms with E-state index in [1.807, 2.05) is 0 Å². The van der Waals surface area contributed by atoms with Crippen molar-refractivity contribution in [1.82, 2.24) is 0 Å². The maximum atomic E-state index is 13.2. The van der Waals surface area contributed by atoms with Gasteiger partial charge in [-0.3, -0.25) is 14.4 Å². The van der Waals surface area contributed by atoms with Crippen LogP contribution in [-0.4, -0.2) is 17.8 Å². The number of carbonyl (C=O) groups is 3. The summed E-state index contributed by atoms with van der Waals surface area (Å²) in [5.74, 6) is -0.435. The first-order valence-electron chi connectivity index (χ1n) is 21.0. The second-order valence-electron chi connectivity index (χ2n) is 14.6. The normalized spacial score (nSPS) is 11.1. The smallest absolute Gasteiger partial charge is 0.311 e. The number of hydrogen-bond acceptors (Lipinski definition) is 5. The molecule has 0 unspecified atom stereocenters. The van der Waals surface area contributed by atoms with Crippen LogP contribution in [0.15, 0.2) is 42.5 Å². The van der Waals surface area contributed by atoms with E-state index in [2.05, 4.69) is 19.2 Å². The van der Waals surface area contributed by atoms with Gasteiger partial charge in [0.05, 0.1) is 5.56 Å². The molecule has 7 heteroatoms. The van der Waals surface area contributed by atoms with E-state index in [-0.39, 0.29) is 23.3 Å². The van der Waals surface area contributed by atoms with Crippen LogP contribution in [0.5, 0.6) is 11.5 Å². The number of anilines is 1. The van der Waals surface area contributed by atoms with E-state index in [0.717, 1.165) is 38.5 Å². The number of rotatable bonds is 32. The molecule has 292 valence electrons. The van der Waals surface area contributed by atoms with Crippen molar-refractivity contribution in [2.45, 2.75) is 194 Å². The number of ether oxygens (including phenoxy) is 2. The number of carbonyl (C=O) groups excluding carboxylic acids is 3. The lowest BCUT2D eigenvalue weighted by Gasteiger charge is -2.12. The van der Waals surface area contributed by atoms with Crippen molar-refractivity contribution < 1.29 is 23.9 Å². The Labute approximate surface area is 321 Å². The fraction of sp³-hybridized carbons (Fsp3) is 0.667. The van der Waals surface area contributed by atoms with Gasteiger partial charge in [0.15, 0.2) is 0 Å². The summed E-state index contributed by atoms with van der Waals surface area (Å²) < 4.78 is 11.1. The van der Waals surface area contributed by atoms with E-state index >= 15 is 0 Å². The third-order valence-corrected chi connectivity index (χ3v) is 9.96. The van der Waals surface area contributed by atoms with E-state index in [1.165, 1.54) is 134 Å². The fourth-order valence-corrected chi connectivity index (χ4v) is 6.68. The third-order valence-electron chi connectivity index (χ3n) is 9.72. The Morgan fingerprint density at radius 2 is 0.885 bits per heavy atom. The van der Waals surface area contributed by atoms with Gasteiger partial charge in [-0.1, -0.05) is 180 Å². The Bertz CT molecular complexity index is 1230. The summed E-state index contributed by atoms with van der Waals surface area (Å²) in [5, 5.41) is 3.19. The minimum Gasteiger partial charge on any atom is -0.427 e. The van der Waals surface area contributed by atoms with Crippen LogP contribution in [0.2, 0.25) is 5.02 Å². The van der Waals surface area contributed by atoms with Crippen molar-refractivity contribution in [3.8, 4) is 11.5 Å². The zero-order valence-corrected chi connectivity index (χ0v) is 33.5. The highest BCUT2D eigenvalue weighted by Crippen LogP contribution is 2.26. The van der Waals surface area contributed by atoms with Crippen molar-refractivity contribution in [2.75, 3.05) is 5.32 Å². The Morgan fingerprint density at radius 1 is 0.500 bits per heavy atom. The largest absolute Gasteiger partial charge is 0.427 e. The van der Waals surface area contributed by atoms with Crippen LogP contribution < -0.4 is 14.8 Å². The maximum Gasteiger partial charge on any atom is 0.311 e. The summed E-state index contributed by atoms with van der Waals surface area (Å²) in [6, 6.07) is 11.3. The molecule has 52 heavy (non-hydrogen) atoms. The van der Waals surface area contributed by atoms with Crippen molar-refractivity contribution >= 4 is 35.1 Å². The molecular weight excluding hydrogens is 670 g/mol. The number of esters is 2. The molecule has 1 N–H and O–H groups in total. The molecular formula is C45H70ClNO5. The highest BCUT2D eigenvalue weighted by Gasteiger charge is 2.17. The molecule has 2 aromatic carbocycles.